The van der Waals surface area contributed by atoms with Gasteiger partial charge in [0.05, 0.1) is 10.6 Å². The van der Waals surface area contributed by atoms with Crippen molar-refractivity contribution in [1.29, 1.82) is 0 Å². The molecule has 1 fully saturated rings. The van der Waals surface area contributed by atoms with Crippen LogP contribution < -0.4 is 0 Å². The number of halogens is 2. The minimum atomic E-state index is -0.635. The van der Waals surface area contributed by atoms with Gasteiger partial charge >= 0.3 is 0 Å². The monoisotopic (exact) mass is 422 g/mol. The third-order valence-corrected chi connectivity index (χ3v) is 5.58. The second kappa shape index (κ2) is 8.67. The standard InChI is InChI=1S/C24H20ClFN2O2/c25-20-7-4-8-21(26)22(20)24(30)28-15-13-27(14-16-28)23(29)19-11-9-18(10-12-19)17-5-2-1-3-6-17/h1-12H,13-16H2. The van der Waals surface area contributed by atoms with Crippen LogP contribution in [0.15, 0.2) is 72.8 Å². The Kier molecular flexibility index (Phi) is 5.81. The highest BCUT2D eigenvalue weighted by Crippen LogP contribution is 2.23. The molecular formula is C24H20ClFN2O2. The molecule has 0 radical (unpaired) electrons. The van der Waals surface area contributed by atoms with Crippen molar-refractivity contribution in [2.45, 2.75) is 0 Å². The maximum Gasteiger partial charge on any atom is 0.258 e. The summed E-state index contributed by atoms with van der Waals surface area (Å²) in [5.74, 6) is -1.16. The van der Waals surface area contributed by atoms with E-state index >= 15 is 0 Å². The molecule has 0 saturated carbocycles. The van der Waals surface area contributed by atoms with Crippen LogP contribution in [0.5, 0.6) is 0 Å². The summed E-state index contributed by atoms with van der Waals surface area (Å²) in [7, 11) is 0. The average Bonchev–Trinajstić information content (AvgIpc) is 2.79. The van der Waals surface area contributed by atoms with Gasteiger partial charge in [0.1, 0.15) is 5.82 Å². The normalized spacial score (nSPS) is 13.9. The molecule has 152 valence electrons. The number of nitrogens with zero attached hydrogens (tertiary/aromatic N) is 2. The van der Waals surface area contributed by atoms with Gasteiger partial charge in [-0.3, -0.25) is 9.59 Å². The van der Waals surface area contributed by atoms with E-state index in [4.69, 9.17) is 11.6 Å². The molecule has 3 aromatic rings. The average molecular weight is 423 g/mol. The van der Waals surface area contributed by atoms with Crippen LogP contribution in [0.3, 0.4) is 0 Å². The quantitative estimate of drug-likeness (QED) is 0.611. The zero-order chi connectivity index (χ0) is 21.1. The van der Waals surface area contributed by atoms with Gasteiger partial charge in [-0.15, -0.1) is 0 Å². The largest absolute Gasteiger partial charge is 0.335 e. The molecule has 6 heteroatoms. The Morgan fingerprint density at radius 2 is 1.27 bits per heavy atom. The van der Waals surface area contributed by atoms with Crippen molar-refractivity contribution in [3.8, 4) is 11.1 Å². The summed E-state index contributed by atoms with van der Waals surface area (Å²) >= 11 is 6.01. The first-order valence-electron chi connectivity index (χ1n) is 9.72. The van der Waals surface area contributed by atoms with Gasteiger partial charge in [-0.1, -0.05) is 60.1 Å². The lowest BCUT2D eigenvalue weighted by molar-refractivity contribution is 0.0533. The fraction of sp³-hybridized carbons (Fsp3) is 0.167. The molecule has 1 aliphatic rings. The zero-order valence-corrected chi connectivity index (χ0v) is 17.0. The van der Waals surface area contributed by atoms with Crippen LogP contribution in [0.4, 0.5) is 4.39 Å². The highest BCUT2D eigenvalue weighted by atomic mass is 35.5. The Labute approximate surface area is 179 Å². The molecular weight excluding hydrogens is 403 g/mol. The smallest absolute Gasteiger partial charge is 0.258 e. The summed E-state index contributed by atoms with van der Waals surface area (Å²) in [4.78, 5) is 28.7. The first-order chi connectivity index (χ1) is 14.5. The van der Waals surface area contributed by atoms with E-state index in [0.717, 1.165) is 11.1 Å². The number of hydrogen-bond donors (Lipinski definition) is 0. The number of hydrogen-bond acceptors (Lipinski definition) is 2. The van der Waals surface area contributed by atoms with Crippen LogP contribution in [0.25, 0.3) is 11.1 Å². The molecule has 0 N–H and O–H groups in total. The highest BCUT2D eigenvalue weighted by molar-refractivity contribution is 6.33. The van der Waals surface area contributed by atoms with E-state index in [1.54, 1.807) is 4.90 Å². The lowest BCUT2D eigenvalue weighted by Crippen LogP contribution is -2.50. The molecule has 0 aliphatic carbocycles. The molecule has 0 bridgehead atoms. The summed E-state index contributed by atoms with van der Waals surface area (Å²) in [6.07, 6.45) is 0. The summed E-state index contributed by atoms with van der Waals surface area (Å²) in [5.41, 5.74) is 2.63. The molecule has 1 saturated heterocycles. The maximum atomic E-state index is 14.0. The van der Waals surface area contributed by atoms with Crippen molar-refractivity contribution in [1.82, 2.24) is 9.80 Å². The maximum absolute atomic E-state index is 14.0. The van der Waals surface area contributed by atoms with Gasteiger partial charge in [-0.05, 0) is 35.4 Å². The molecule has 1 aliphatic heterocycles. The van der Waals surface area contributed by atoms with Crippen LogP contribution >= 0.6 is 11.6 Å². The summed E-state index contributed by atoms with van der Waals surface area (Å²) < 4.78 is 14.0. The fourth-order valence-electron chi connectivity index (χ4n) is 3.59. The van der Waals surface area contributed by atoms with E-state index in [2.05, 4.69) is 0 Å². The van der Waals surface area contributed by atoms with Crippen LogP contribution in [-0.2, 0) is 0 Å². The minimum Gasteiger partial charge on any atom is -0.335 e. The van der Waals surface area contributed by atoms with Gasteiger partial charge in [0.25, 0.3) is 11.8 Å². The third-order valence-electron chi connectivity index (χ3n) is 5.27. The lowest BCUT2D eigenvalue weighted by Gasteiger charge is -2.35. The Hall–Kier alpha value is -3.18. The molecule has 2 amide bonds. The van der Waals surface area contributed by atoms with Crippen molar-refractivity contribution in [3.63, 3.8) is 0 Å². The summed E-state index contributed by atoms with van der Waals surface area (Å²) in [6, 6.07) is 21.7. The van der Waals surface area contributed by atoms with Crippen molar-refractivity contribution in [2.24, 2.45) is 0 Å². The van der Waals surface area contributed by atoms with Gasteiger partial charge in [-0.25, -0.2) is 4.39 Å². The highest BCUT2D eigenvalue weighted by Gasteiger charge is 2.28. The Morgan fingerprint density at radius 3 is 1.87 bits per heavy atom. The number of amides is 2. The van der Waals surface area contributed by atoms with Gasteiger partial charge in [0, 0.05) is 31.7 Å². The molecule has 0 spiro atoms. The predicted octanol–water partition coefficient (Wildman–Crippen LogP) is 4.74. The van der Waals surface area contributed by atoms with Gasteiger partial charge in [-0.2, -0.15) is 0 Å². The third kappa shape index (κ3) is 4.07. The number of benzene rings is 3. The molecule has 30 heavy (non-hydrogen) atoms. The predicted molar refractivity (Wildman–Crippen MR) is 115 cm³/mol. The van der Waals surface area contributed by atoms with Crippen LogP contribution in [0.1, 0.15) is 20.7 Å². The number of piperazine rings is 1. The second-order valence-electron chi connectivity index (χ2n) is 7.12. The second-order valence-corrected chi connectivity index (χ2v) is 7.53. The number of rotatable bonds is 3. The van der Waals surface area contributed by atoms with Crippen LogP contribution in [0.2, 0.25) is 5.02 Å². The van der Waals surface area contributed by atoms with Crippen molar-refractivity contribution < 1.29 is 14.0 Å². The van der Waals surface area contributed by atoms with Gasteiger partial charge in [0.15, 0.2) is 0 Å². The molecule has 0 aromatic heterocycles. The summed E-state index contributed by atoms with van der Waals surface area (Å²) in [6.45, 7) is 1.43. The SMILES string of the molecule is O=C(c1ccc(-c2ccccc2)cc1)N1CCN(C(=O)c2c(F)cccc2Cl)CC1. The van der Waals surface area contributed by atoms with Gasteiger partial charge in [0.2, 0.25) is 0 Å². The summed E-state index contributed by atoms with van der Waals surface area (Å²) in [5, 5.41) is 0.0945. The molecule has 1 heterocycles. The van der Waals surface area contributed by atoms with E-state index < -0.39 is 11.7 Å². The first-order valence-corrected chi connectivity index (χ1v) is 10.1. The first kappa shape index (κ1) is 20.1. The van der Waals surface area contributed by atoms with Crippen LogP contribution in [0, 0.1) is 5.82 Å². The van der Waals surface area contributed by atoms with E-state index in [1.165, 1.54) is 23.1 Å². The van der Waals surface area contributed by atoms with E-state index in [9.17, 15) is 14.0 Å². The minimum absolute atomic E-state index is 0.0781. The van der Waals surface area contributed by atoms with Crippen molar-refractivity contribution in [3.05, 3.63) is 94.8 Å². The van der Waals surface area contributed by atoms with Gasteiger partial charge < -0.3 is 9.80 Å². The lowest BCUT2D eigenvalue weighted by atomic mass is 10.0. The molecule has 0 atom stereocenters. The number of carbonyl (C=O) groups is 2. The molecule has 3 aromatic carbocycles. The molecule has 4 nitrogen and oxygen atoms in total. The topological polar surface area (TPSA) is 40.6 Å². The Balaban J connectivity index is 1.40. The fourth-order valence-corrected chi connectivity index (χ4v) is 3.84. The van der Waals surface area contributed by atoms with E-state index in [1.807, 2.05) is 54.6 Å². The van der Waals surface area contributed by atoms with E-state index in [-0.39, 0.29) is 16.5 Å². The van der Waals surface area contributed by atoms with Crippen LogP contribution in [-0.4, -0.2) is 47.8 Å². The van der Waals surface area contributed by atoms with E-state index in [0.29, 0.717) is 31.7 Å². The Morgan fingerprint density at radius 1 is 0.700 bits per heavy atom. The zero-order valence-electron chi connectivity index (χ0n) is 16.2. The Bertz CT molecular complexity index is 1040. The molecule has 0 unspecified atom stereocenters. The molecule has 4 rings (SSSR count). The number of carbonyl (C=O) groups excluding carboxylic acids is 2. The van der Waals surface area contributed by atoms with Crippen molar-refractivity contribution in [2.75, 3.05) is 26.2 Å². The van der Waals surface area contributed by atoms with Crippen molar-refractivity contribution >= 4 is 23.4 Å².